The quantitative estimate of drug-likeness (QED) is 0.567. The average Bonchev–Trinajstić information content (AvgIpc) is 2.17. The van der Waals surface area contributed by atoms with Crippen LogP contribution >= 0.6 is 0 Å². The lowest BCUT2D eigenvalue weighted by molar-refractivity contribution is -0.117. The normalized spacial score (nSPS) is 10.1. The van der Waals surface area contributed by atoms with Crippen LogP contribution in [0.5, 0.6) is 0 Å². The van der Waals surface area contributed by atoms with Gasteiger partial charge in [-0.2, -0.15) is 0 Å². The highest BCUT2D eigenvalue weighted by Gasteiger charge is 2.14. The molecule has 1 aromatic rings. The molecule has 0 radical (unpaired) electrons. The maximum absolute atomic E-state index is 13.1. The molecule has 0 aliphatic carbocycles. The first-order valence-electron chi connectivity index (χ1n) is 4.54. The van der Waals surface area contributed by atoms with Gasteiger partial charge in [0.05, 0.1) is 12.0 Å². The lowest BCUT2D eigenvalue weighted by Gasteiger charge is -2.01. The zero-order valence-corrected chi connectivity index (χ0v) is 8.22. The molecule has 0 aliphatic rings. The highest BCUT2D eigenvalue weighted by molar-refractivity contribution is 6.07. The van der Waals surface area contributed by atoms with Gasteiger partial charge in [0, 0.05) is 12.5 Å². The van der Waals surface area contributed by atoms with Crippen molar-refractivity contribution >= 4 is 11.6 Å². The molecule has 0 saturated carbocycles. The summed E-state index contributed by atoms with van der Waals surface area (Å²) in [5, 5.41) is 0. The summed E-state index contributed by atoms with van der Waals surface area (Å²) in [6, 6.07) is 2.67. The van der Waals surface area contributed by atoms with E-state index < -0.39 is 17.4 Å². The topological polar surface area (TPSA) is 34.1 Å². The number of rotatable bonds is 4. The van der Waals surface area contributed by atoms with E-state index in [4.69, 9.17) is 0 Å². The monoisotopic (exact) mass is 212 g/mol. The van der Waals surface area contributed by atoms with Gasteiger partial charge >= 0.3 is 0 Å². The number of Topliss-reactive ketones (excluding diaryl/α,β-unsaturated/α-hetero) is 2. The summed E-state index contributed by atoms with van der Waals surface area (Å²) in [6.45, 7) is 1.62. The highest BCUT2D eigenvalue weighted by atomic mass is 19.1. The molecule has 1 rings (SSSR count). The van der Waals surface area contributed by atoms with Gasteiger partial charge in [-0.15, -0.1) is 0 Å². The number of hydrogen-bond acceptors (Lipinski definition) is 2. The minimum Gasteiger partial charge on any atom is -0.299 e. The van der Waals surface area contributed by atoms with Gasteiger partial charge in [0.2, 0.25) is 0 Å². The lowest BCUT2D eigenvalue weighted by Crippen LogP contribution is -2.09. The van der Waals surface area contributed by atoms with Crippen LogP contribution in [-0.2, 0) is 4.79 Å². The first-order valence-corrected chi connectivity index (χ1v) is 4.54. The van der Waals surface area contributed by atoms with Crippen molar-refractivity contribution in [3.63, 3.8) is 0 Å². The average molecular weight is 212 g/mol. The van der Waals surface area contributed by atoms with Gasteiger partial charge in [-0.3, -0.25) is 9.59 Å². The number of benzene rings is 1. The SMILES string of the molecule is CCC(=O)CC(=O)c1ccc(F)cc1F. The molecule has 1 aromatic carbocycles. The molecule has 0 unspecified atom stereocenters. The van der Waals surface area contributed by atoms with Crippen LogP contribution in [0.1, 0.15) is 30.1 Å². The summed E-state index contributed by atoms with van der Waals surface area (Å²) >= 11 is 0. The Kier molecular flexibility index (Phi) is 3.66. The van der Waals surface area contributed by atoms with E-state index in [1.165, 1.54) is 0 Å². The standard InChI is InChI=1S/C11H10F2O2/c1-2-8(14)6-11(15)9-4-3-7(12)5-10(9)13/h3-5H,2,6H2,1H3. The Balaban J connectivity index is 2.87. The first kappa shape index (κ1) is 11.5. The molecule has 0 heterocycles. The van der Waals surface area contributed by atoms with Crippen molar-refractivity contribution in [3.8, 4) is 0 Å². The minimum absolute atomic E-state index is 0.231. The van der Waals surface area contributed by atoms with Crippen LogP contribution in [0.15, 0.2) is 18.2 Å². The maximum atomic E-state index is 13.1. The maximum Gasteiger partial charge on any atom is 0.173 e. The lowest BCUT2D eigenvalue weighted by atomic mass is 10.0. The van der Waals surface area contributed by atoms with Gasteiger partial charge in [-0.1, -0.05) is 6.92 Å². The minimum atomic E-state index is -0.927. The van der Waals surface area contributed by atoms with Gasteiger partial charge in [0.1, 0.15) is 17.4 Å². The molecular weight excluding hydrogens is 202 g/mol. The van der Waals surface area contributed by atoms with Crippen LogP contribution in [0.3, 0.4) is 0 Å². The Morgan fingerprint density at radius 2 is 1.93 bits per heavy atom. The third-order valence-electron chi connectivity index (χ3n) is 1.98. The number of carbonyl (C=O) groups excluding carboxylic acids is 2. The molecule has 0 saturated heterocycles. The van der Waals surface area contributed by atoms with Gasteiger partial charge in [0.15, 0.2) is 5.78 Å². The predicted molar refractivity (Wildman–Crippen MR) is 50.6 cm³/mol. The van der Waals surface area contributed by atoms with E-state index in [1.54, 1.807) is 6.92 Å². The zero-order valence-electron chi connectivity index (χ0n) is 8.22. The van der Waals surface area contributed by atoms with Crippen molar-refractivity contribution in [1.29, 1.82) is 0 Å². The van der Waals surface area contributed by atoms with E-state index in [0.717, 1.165) is 12.1 Å². The van der Waals surface area contributed by atoms with Gasteiger partial charge in [-0.05, 0) is 12.1 Å². The third kappa shape index (κ3) is 2.94. The second-order valence-electron chi connectivity index (χ2n) is 3.12. The van der Waals surface area contributed by atoms with Crippen molar-refractivity contribution < 1.29 is 18.4 Å². The van der Waals surface area contributed by atoms with Crippen LogP contribution < -0.4 is 0 Å². The second kappa shape index (κ2) is 4.77. The molecular formula is C11H10F2O2. The fourth-order valence-electron chi connectivity index (χ4n) is 1.11. The van der Waals surface area contributed by atoms with E-state index in [0.29, 0.717) is 6.07 Å². The van der Waals surface area contributed by atoms with Crippen molar-refractivity contribution in [2.45, 2.75) is 19.8 Å². The Labute approximate surface area is 85.9 Å². The van der Waals surface area contributed by atoms with Crippen LogP contribution in [0.2, 0.25) is 0 Å². The molecule has 2 nitrogen and oxygen atoms in total. The van der Waals surface area contributed by atoms with Crippen LogP contribution in [0, 0.1) is 11.6 Å². The van der Waals surface area contributed by atoms with Crippen molar-refractivity contribution in [1.82, 2.24) is 0 Å². The summed E-state index contributed by atoms with van der Waals surface area (Å²) < 4.78 is 25.6. The van der Waals surface area contributed by atoms with E-state index in [9.17, 15) is 18.4 Å². The fourth-order valence-corrected chi connectivity index (χ4v) is 1.11. The molecule has 0 fully saturated rings. The predicted octanol–water partition coefficient (Wildman–Crippen LogP) is 2.52. The summed E-state index contributed by atoms with van der Waals surface area (Å²) in [5.74, 6) is -2.54. The second-order valence-corrected chi connectivity index (χ2v) is 3.12. The summed E-state index contributed by atoms with van der Waals surface area (Å²) in [7, 11) is 0. The zero-order chi connectivity index (χ0) is 11.4. The van der Waals surface area contributed by atoms with Gasteiger partial charge < -0.3 is 0 Å². The molecule has 80 valence electrons. The van der Waals surface area contributed by atoms with E-state index in [2.05, 4.69) is 0 Å². The number of hydrogen-bond donors (Lipinski definition) is 0. The molecule has 0 amide bonds. The smallest absolute Gasteiger partial charge is 0.173 e. The molecule has 0 N–H and O–H groups in total. The largest absolute Gasteiger partial charge is 0.299 e. The third-order valence-corrected chi connectivity index (χ3v) is 1.98. The van der Waals surface area contributed by atoms with Crippen molar-refractivity contribution in [3.05, 3.63) is 35.4 Å². The molecule has 0 aromatic heterocycles. The highest BCUT2D eigenvalue weighted by Crippen LogP contribution is 2.12. The number of carbonyl (C=O) groups is 2. The van der Waals surface area contributed by atoms with E-state index >= 15 is 0 Å². The summed E-state index contributed by atoms with van der Waals surface area (Å²) in [6.07, 6.45) is -0.104. The molecule has 4 heteroatoms. The van der Waals surface area contributed by atoms with Crippen molar-refractivity contribution in [2.75, 3.05) is 0 Å². The molecule has 0 aliphatic heterocycles. The fraction of sp³-hybridized carbons (Fsp3) is 0.273. The molecule has 0 spiro atoms. The Morgan fingerprint density at radius 1 is 1.27 bits per heavy atom. The Bertz CT molecular complexity index is 400. The van der Waals surface area contributed by atoms with Crippen LogP contribution in [0.25, 0.3) is 0 Å². The molecule has 15 heavy (non-hydrogen) atoms. The van der Waals surface area contributed by atoms with E-state index in [1.807, 2.05) is 0 Å². The summed E-state index contributed by atoms with van der Waals surface area (Å²) in [4.78, 5) is 22.3. The molecule has 0 atom stereocenters. The van der Waals surface area contributed by atoms with Crippen molar-refractivity contribution in [2.24, 2.45) is 0 Å². The van der Waals surface area contributed by atoms with Gasteiger partial charge in [-0.25, -0.2) is 8.78 Å². The Hall–Kier alpha value is -1.58. The number of halogens is 2. The van der Waals surface area contributed by atoms with Crippen LogP contribution in [0.4, 0.5) is 8.78 Å². The Morgan fingerprint density at radius 3 is 2.47 bits per heavy atom. The van der Waals surface area contributed by atoms with Crippen LogP contribution in [-0.4, -0.2) is 11.6 Å². The van der Waals surface area contributed by atoms with Gasteiger partial charge in [0.25, 0.3) is 0 Å². The number of ketones is 2. The van der Waals surface area contributed by atoms with E-state index in [-0.39, 0.29) is 24.2 Å². The first-order chi connectivity index (χ1) is 7.04. The molecule has 0 bridgehead atoms. The summed E-state index contributed by atoms with van der Waals surface area (Å²) in [5.41, 5.74) is -0.238.